The fourth-order valence-electron chi connectivity index (χ4n) is 6.44. The number of ether oxygens (including phenoxy) is 1. The second-order valence-electron chi connectivity index (χ2n) is 11.8. The highest BCUT2D eigenvalue weighted by atomic mass is 19.3. The molecule has 3 amide bonds. The maximum Gasteiger partial charge on any atom is 0.248 e. The summed E-state index contributed by atoms with van der Waals surface area (Å²) in [5.41, 5.74) is 1.23. The lowest BCUT2D eigenvalue weighted by Gasteiger charge is -2.38. The lowest BCUT2D eigenvalue weighted by atomic mass is 9.77. The van der Waals surface area contributed by atoms with Crippen molar-refractivity contribution in [2.45, 2.75) is 69.9 Å². The molecule has 2 saturated heterocycles. The van der Waals surface area contributed by atoms with Crippen LogP contribution in [0.2, 0.25) is 0 Å². The Morgan fingerprint density at radius 1 is 1.00 bits per heavy atom. The molecule has 1 atom stereocenters. The first-order chi connectivity index (χ1) is 19.7. The number of likely N-dealkylation sites (tertiary alicyclic amines) is 2. The van der Waals surface area contributed by atoms with Crippen LogP contribution in [0.15, 0.2) is 54.6 Å². The molecule has 1 spiro atoms. The molecule has 0 aromatic heterocycles. The van der Waals surface area contributed by atoms with Gasteiger partial charge in [0.25, 0.3) is 0 Å². The first-order valence-electron chi connectivity index (χ1n) is 14.6. The lowest BCUT2D eigenvalue weighted by Crippen LogP contribution is -2.45. The molecule has 2 aromatic carbocycles. The van der Waals surface area contributed by atoms with Gasteiger partial charge in [0.1, 0.15) is 5.75 Å². The number of piperidine rings is 1. The number of carbonyl (C=O) groups excluding carboxylic acids is 3. The van der Waals surface area contributed by atoms with Crippen molar-refractivity contribution in [1.29, 1.82) is 0 Å². The smallest absolute Gasteiger partial charge is 0.248 e. The quantitative estimate of drug-likeness (QED) is 0.426. The fraction of sp³-hybridized carbons (Fsp3) is 0.531. The molecule has 1 N–H and O–H groups in total. The number of hydrogen-bond acceptors (Lipinski definition) is 5. The number of methoxy groups -OCH3 is 1. The maximum atomic E-state index is 13.6. The van der Waals surface area contributed by atoms with Gasteiger partial charge in [-0.05, 0) is 68.5 Å². The number of hydrogen-bond donors (Lipinski definition) is 1. The van der Waals surface area contributed by atoms with Gasteiger partial charge < -0.3 is 15.0 Å². The minimum atomic E-state index is -2.67. The summed E-state index contributed by atoms with van der Waals surface area (Å²) in [7, 11) is 1.60. The highest BCUT2D eigenvalue weighted by Crippen LogP contribution is 2.43. The van der Waals surface area contributed by atoms with E-state index in [1.54, 1.807) is 7.11 Å². The Hall–Kier alpha value is -3.33. The van der Waals surface area contributed by atoms with Crippen molar-refractivity contribution in [1.82, 2.24) is 15.1 Å². The molecule has 1 aliphatic carbocycles. The predicted octanol–water partition coefficient (Wildman–Crippen LogP) is 5.11. The number of amides is 3. The average molecular weight is 568 g/mol. The number of benzene rings is 2. The molecule has 41 heavy (non-hydrogen) atoms. The van der Waals surface area contributed by atoms with Gasteiger partial charge in [-0.1, -0.05) is 42.5 Å². The summed E-state index contributed by atoms with van der Waals surface area (Å²) in [6.45, 7) is 2.38. The van der Waals surface area contributed by atoms with Gasteiger partial charge in [0.2, 0.25) is 23.6 Å². The molecule has 2 aromatic rings. The van der Waals surface area contributed by atoms with E-state index in [1.807, 2.05) is 54.6 Å². The second kappa shape index (κ2) is 12.3. The number of alkyl halides is 2. The molecule has 7 nitrogen and oxygen atoms in total. The highest BCUT2D eigenvalue weighted by Gasteiger charge is 2.52. The SMILES string of the molecule is COc1ccc(CN2C(=O)CC3(CCN(CC[C@H](NC(=O)C4CCC(F)(F)CC4)c4ccccc4)CC3)C2=O)cc1. The fourth-order valence-corrected chi connectivity index (χ4v) is 6.44. The van der Waals surface area contributed by atoms with Crippen molar-refractivity contribution >= 4 is 17.7 Å². The van der Waals surface area contributed by atoms with Gasteiger partial charge >= 0.3 is 0 Å². The van der Waals surface area contributed by atoms with Crippen LogP contribution in [-0.4, -0.2) is 60.2 Å². The summed E-state index contributed by atoms with van der Waals surface area (Å²) in [5, 5.41) is 3.14. The molecule has 0 unspecified atom stereocenters. The lowest BCUT2D eigenvalue weighted by molar-refractivity contribution is -0.143. The number of carbonyl (C=O) groups is 3. The van der Waals surface area contributed by atoms with Crippen LogP contribution in [0.4, 0.5) is 8.78 Å². The van der Waals surface area contributed by atoms with Crippen LogP contribution in [0.3, 0.4) is 0 Å². The molecule has 3 aliphatic rings. The van der Waals surface area contributed by atoms with E-state index in [2.05, 4.69) is 10.2 Å². The minimum absolute atomic E-state index is 0.0783. The van der Waals surface area contributed by atoms with Crippen LogP contribution in [0, 0.1) is 11.3 Å². The van der Waals surface area contributed by atoms with E-state index in [0.717, 1.165) is 23.4 Å². The summed E-state index contributed by atoms with van der Waals surface area (Å²) in [6, 6.07) is 16.9. The number of halogens is 2. The molecule has 2 heterocycles. The van der Waals surface area contributed by atoms with Gasteiger partial charge in [-0.2, -0.15) is 0 Å². The summed E-state index contributed by atoms with van der Waals surface area (Å²) in [6.07, 6.45) is 2.09. The Morgan fingerprint density at radius 3 is 2.29 bits per heavy atom. The van der Waals surface area contributed by atoms with Crippen LogP contribution in [0.25, 0.3) is 0 Å². The Kier molecular flexibility index (Phi) is 8.73. The molecular weight excluding hydrogens is 528 g/mol. The average Bonchev–Trinajstić information content (AvgIpc) is 3.20. The summed E-state index contributed by atoms with van der Waals surface area (Å²) < 4.78 is 32.4. The van der Waals surface area contributed by atoms with Gasteiger partial charge in [-0.15, -0.1) is 0 Å². The van der Waals surface area contributed by atoms with E-state index >= 15 is 0 Å². The number of rotatable bonds is 9. The summed E-state index contributed by atoms with van der Waals surface area (Å²) in [4.78, 5) is 43.1. The van der Waals surface area contributed by atoms with E-state index in [-0.39, 0.29) is 68.3 Å². The van der Waals surface area contributed by atoms with Gasteiger partial charge in [-0.25, -0.2) is 8.78 Å². The van der Waals surface area contributed by atoms with Crippen molar-refractivity contribution in [3.05, 3.63) is 65.7 Å². The zero-order valence-electron chi connectivity index (χ0n) is 23.6. The molecule has 1 saturated carbocycles. The molecule has 220 valence electrons. The second-order valence-corrected chi connectivity index (χ2v) is 11.8. The number of nitrogens with zero attached hydrogens (tertiary/aromatic N) is 2. The predicted molar refractivity (Wildman–Crippen MR) is 150 cm³/mol. The molecule has 0 bridgehead atoms. The van der Waals surface area contributed by atoms with Crippen molar-refractivity contribution < 1.29 is 27.9 Å². The summed E-state index contributed by atoms with van der Waals surface area (Å²) >= 11 is 0. The topological polar surface area (TPSA) is 79.0 Å². The van der Waals surface area contributed by atoms with E-state index in [9.17, 15) is 23.2 Å². The Balaban J connectivity index is 1.16. The highest BCUT2D eigenvalue weighted by molar-refractivity contribution is 6.05. The molecule has 3 fully saturated rings. The molecule has 2 aliphatic heterocycles. The number of nitrogens with one attached hydrogen (secondary N) is 1. The third-order valence-corrected chi connectivity index (χ3v) is 9.14. The zero-order chi connectivity index (χ0) is 29.0. The van der Waals surface area contributed by atoms with Gasteiger partial charge in [0, 0.05) is 31.7 Å². The van der Waals surface area contributed by atoms with Gasteiger partial charge in [0.05, 0.1) is 25.1 Å². The Labute approximate surface area is 240 Å². The van der Waals surface area contributed by atoms with E-state index < -0.39 is 11.3 Å². The zero-order valence-corrected chi connectivity index (χ0v) is 23.6. The number of imide groups is 1. The van der Waals surface area contributed by atoms with E-state index in [1.165, 1.54) is 4.90 Å². The first-order valence-corrected chi connectivity index (χ1v) is 14.6. The van der Waals surface area contributed by atoms with Crippen molar-refractivity contribution in [2.75, 3.05) is 26.7 Å². The Morgan fingerprint density at radius 2 is 1.66 bits per heavy atom. The van der Waals surface area contributed by atoms with Crippen LogP contribution < -0.4 is 10.1 Å². The molecule has 9 heteroatoms. The normalized spacial score (nSPS) is 21.7. The van der Waals surface area contributed by atoms with Crippen LogP contribution in [-0.2, 0) is 20.9 Å². The van der Waals surface area contributed by atoms with Crippen molar-refractivity contribution in [2.24, 2.45) is 11.3 Å². The van der Waals surface area contributed by atoms with Crippen molar-refractivity contribution in [3.63, 3.8) is 0 Å². The first kappa shape index (κ1) is 29.2. The third kappa shape index (κ3) is 6.77. The molecule has 0 radical (unpaired) electrons. The molecule has 5 rings (SSSR count). The van der Waals surface area contributed by atoms with Crippen LogP contribution >= 0.6 is 0 Å². The van der Waals surface area contributed by atoms with Crippen molar-refractivity contribution in [3.8, 4) is 5.75 Å². The standard InChI is InChI=1S/C32H39F2N3O4/c1-41-26-9-7-23(8-10-26)22-37-28(38)21-31(30(37)40)16-19-36(20-17-31)18-13-27(24-5-3-2-4-6-24)35-29(39)25-11-14-32(33,34)15-12-25/h2-10,25,27H,11-22H2,1H3,(H,35,39)/t27-/m0/s1. The van der Waals surface area contributed by atoms with E-state index in [0.29, 0.717) is 32.4 Å². The third-order valence-electron chi connectivity index (χ3n) is 9.14. The van der Waals surface area contributed by atoms with Crippen LogP contribution in [0.5, 0.6) is 5.75 Å². The monoisotopic (exact) mass is 567 g/mol. The van der Waals surface area contributed by atoms with Crippen LogP contribution in [0.1, 0.15) is 68.5 Å². The largest absolute Gasteiger partial charge is 0.497 e. The Bertz CT molecular complexity index is 1220. The maximum absolute atomic E-state index is 13.6. The molecular formula is C32H39F2N3O4. The minimum Gasteiger partial charge on any atom is -0.497 e. The van der Waals surface area contributed by atoms with Gasteiger partial charge in [0.15, 0.2) is 0 Å². The van der Waals surface area contributed by atoms with E-state index in [4.69, 9.17) is 4.74 Å². The van der Waals surface area contributed by atoms with Gasteiger partial charge in [-0.3, -0.25) is 19.3 Å². The summed E-state index contributed by atoms with van der Waals surface area (Å²) in [5.74, 6) is -2.68.